The van der Waals surface area contributed by atoms with E-state index in [0.717, 1.165) is 5.56 Å². The van der Waals surface area contributed by atoms with Crippen LogP contribution in [0.5, 0.6) is 11.5 Å². The van der Waals surface area contributed by atoms with Crippen LogP contribution in [0.1, 0.15) is 39.2 Å². The van der Waals surface area contributed by atoms with Gasteiger partial charge in [0, 0.05) is 4.47 Å². The van der Waals surface area contributed by atoms with Crippen molar-refractivity contribution in [3.8, 4) is 11.5 Å². The summed E-state index contributed by atoms with van der Waals surface area (Å²) in [7, 11) is 0.891. The van der Waals surface area contributed by atoms with Crippen LogP contribution in [0.3, 0.4) is 0 Å². The minimum absolute atomic E-state index is 0.0132. The van der Waals surface area contributed by atoms with E-state index in [0.29, 0.717) is 14.7 Å². The molecule has 0 bridgehead atoms. The summed E-state index contributed by atoms with van der Waals surface area (Å²) in [6, 6.07) is 1.68. The zero-order valence-corrected chi connectivity index (χ0v) is 16.4. The second-order valence-corrected chi connectivity index (χ2v) is 7.88. The van der Waals surface area contributed by atoms with Gasteiger partial charge in [0.1, 0.15) is 0 Å². The smallest absolute Gasteiger partial charge is 0.480 e. The molecule has 0 radical (unpaired) electrons. The summed E-state index contributed by atoms with van der Waals surface area (Å²) in [5, 5.41) is 10.0. The second-order valence-electron chi connectivity index (χ2n) is 6.30. The Bertz CT molecular complexity index is 579. The van der Waals surface area contributed by atoms with Crippen molar-refractivity contribution in [1.82, 2.24) is 0 Å². The molecule has 22 heavy (non-hydrogen) atoms. The van der Waals surface area contributed by atoms with Gasteiger partial charge in [-0.2, -0.15) is 0 Å². The van der Waals surface area contributed by atoms with E-state index in [2.05, 4.69) is 31.9 Å². The number of halogens is 2. The van der Waals surface area contributed by atoms with E-state index in [1.165, 1.54) is 7.11 Å². The molecule has 0 unspecified atom stereocenters. The molecule has 1 heterocycles. The maximum Gasteiger partial charge on any atom is 0.480 e. The van der Waals surface area contributed by atoms with Crippen LogP contribution < -0.4 is 10.5 Å². The third kappa shape index (κ3) is 2.91. The Morgan fingerprint density at radius 2 is 1.68 bits per heavy atom. The van der Waals surface area contributed by atoms with E-state index in [4.69, 9.17) is 19.8 Å². The average molecular weight is 437 g/mol. The summed E-state index contributed by atoms with van der Waals surface area (Å²) in [4.78, 5) is 0. The van der Waals surface area contributed by atoms with Crippen LogP contribution in [0.15, 0.2) is 15.0 Å². The first-order valence-corrected chi connectivity index (χ1v) is 8.46. The Morgan fingerprint density at radius 1 is 1.18 bits per heavy atom. The summed E-state index contributed by atoms with van der Waals surface area (Å²) >= 11 is 6.77. The predicted octanol–water partition coefficient (Wildman–Crippen LogP) is 3.56. The molecule has 1 aromatic rings. The standard InChI is InChI=1S/C14H20BBr2NO4/c1-13(2)14(3,4)22-15(21-13)12(18)7-6-8(20-5)11(19)10(17)9(7)16/h6,12,19H,18H2,1-5H3/t12-/m0/s1. The molecule has 3 N–H and O–H groups in total. The Labute approximate surface area is 147 Å². The van der Waals surface area contributed by atoms with E-state index in [9.17, 15) is 5.11 Å². The lowest BCUT2D eigenvalue weighted by Gasteiger charge is -2.32. The maximum atomic E-state index is 10.0. The van der Waals surface area contributed by atoms with Crippen LogP contribution in [-0.2, 0) is 9.31 Å². The molecule has 1 saturated heterocycles. The molecule has 5 nitrogen and oxygen atoms in total. The van der Waals surface area contributed by atoms with Gasteiger partial charge < -0.3 is 24.9 Å². The first-order valence-electron chi connectivity index (χ1n) is 6.88. The molecule has 1 atom stereocenters. The topological polar surface area (TPSA) is 73.9 Å². The van der Waals surface area contributed by atoms with Crippen molar-refractivity contribution in [2.45, 2.75) is 44.8 Å². The Kier molecular flexibility index (Phi) is 4.91. The van der Waals surface area contributed by atoms with Crippen LogP contribution in [0.4, 0.5) is 0 Å². The molecule has 0 saturated carbocycles. The third-order valence-corrected chi connectivity index (χ3v) is 6.48. The van der Waals surface area contributed by atoms with Gasteiger partial charge in [0.2, 0.25) is 0 Å². The lowest BCUT2D eigenvalue weighted by molar-refractivity contribution is 0.00578. The molecule has 0 aromatic heterocycles. The highest BCUT2D eigenvalue weighted by atomic mass is 79.9. The Morgan fingerprint density at radius 3 is 2.14 bits per heavy atom. The molecule has 1 aromatic carbocycles. The summed E-state index contributed by atoms with van der Waals surface area (Å²) in [5.41, 5.74) is 6.15. The molecule has 2 rings (SSSR count). The van der Waals surface area contributed by atoms with Crippen molar-refractivity contribution in [2.24, 2.45) is 5.73 Å². The summed E-state index contributed by atoms with van der Waals surface area (Å²) in [6.45, 7) is 7.90. The first-order chi connectivity index (χ1) is 10.0. The minimum Gasteiger partial charge on any atom is -0.503 e. The molecule has 1 aliphatic rings. The van der Waals surface area contributed by atoms with Crippen molar-refractivity contribution < 1.29 is 19.2 Å². The van der Waals surface area contributed by atoms with Gasteiger partial charge in [-0.3, -0.25) is 0 Å². The molecular weight excluding hydrogens is 417 g/mol. The van der Waals surface area contributed by atoms with Gasteiger partial charge in [0.05, 0.1) is 28.7 Å². The average Bonchev–Trinajstić information content (AvgIpc) is 2.65. The van der Waals surface area contributed by atoms with E-state index in [1.54, 1.807) is 6.07 Å². The predicted molar refractivity (Wildman–Crippen MR) is 93.1 cm³/mol. The number of nitrogens with two attached hydrogens (primary N) is 1. The monoisotopic (exact) mass is 435 g/mol. The van der Waals surface area contributed by atoms with Gasteiger partial charge in [0.25, 0.3) is 0 Å². The van der Waals surface area contributed by atoms with Gasteiger partial charge in [-0.25, -0.2) is 0 Å². The quantitative estimate of drug-likeness (QED) is 0.709. The highest BCUT2D eigenvalue weighted by Crippen LogP contribution is 2.46. The number of ether oxygens (including phenoxy) is 1. The van der Waals surface area contributed by atoms with Crippen molar-refractivity contribution in [2.75, 3.05) is 7.11 Å². The molecule has 0 spiro atoms. The number of methoxy groups -OCH3 is 1. The van der Waals surface area contributed by atoms with Gasteiger partial charge in [-0.05, 0) is 71.2 Å². The molecule has 0 amide bonds. The highest BCUT2D eigenvalue weighted by Gasteiger charge is 2.53. The van der Waals surface area contributed by atoms with Crippen molar-refractivity contribution in [3.63, 3.8) is 0 Å². The number of phenols is 1. The summed E-state index contributed by atoms with van der Waals surface area (Å²) < 4.78 is 18.3. The van der Waals surface area contributed by atoms with E-state index < -0.39 is 24.3 Å². The number of hydrogen-bond donors (Lipinski definition) is 2. The van der Waals surface area contributed by atoms with Crippen LogP contribution >= 0.6 is 31.9 Å². The summed E-state index contributed by atoms with van der Waals surface area (Å²) in [5.74, 6) is -0.197. The molecular formula is C14H20BBr2NO4. The number of rotatable bonds is 3. The highest BCUT2D eigenvalue weighted by molar-refractivity contribution is 9.13. The lowest BCUT2D eigenvalue weighted by atomic mass is 9.75. The van der Waals surface area contributed by atoms with Crippen LogP contribution in [0.25, 0.3) is 0 Å². The second kappa shape index (κ2) is 5.98. The van der Waals surface area contributed by atoms with Crippen molar-refractivity contribution in [3.05, 3.63) is 20.6 Å². The number of phenolic OH excluding ortho intramolecular Hbond substituents is 1. The molecule has 0 aliphatic carbocycles. The van der Waals surface area contributed by atoms with Gasteiger partial charge in [-0.1, -0.05) is 0 Å². The molecule has 122 valence electrons. The van der Waals surface area contributed by atoms with E-state index in [-0.39, 0.29) is 5.75 Å². The van der Waals surface area contributed by atoms with E-state index in [1.807, 2.05) is 27.7 Å². The third-order valence-electron chi connectivity index (χ3n) is 4.32. The van der Waals surface area contributed by atoms with Crippen molar-refractivity contribution >= 4 is 39.0 Å². The van der Waals surface area contributed by atoms with Crippen molar-refractivity contribution in [1.29, 1.82) is 0 Å². The normalized spacial score (nSPS) is 21.0. The van der Waals surface area contributed by atoms with E-state index >= 15 is 0 Å². The first kappa shape index (κ1) is 18.1. The largest absolute Gasteiger partial charge is 0.503 e. The van der Waals surface area contributed by atoms with Gasteiger partial charge in [0.15, 0.2) is 11.5 Å². The number of benzene rings is 1. The molecule has 1 aliphatic heterocycles. The maximum absolute atomic E-state index is 10.0. The van der Waals surface area contributed by atoms with Crippen LogP contribution in [0.2, 0.25) is 0 Å². The van der Waals surface area contributed by atoms with Gasteiger partial charge >= 0.3 is 7.12 Å². The van der Waals surface area contributed by atoms with Crippen LogP contribution in [-0.4, -0.2) is 30.5 Å². The van der Waals surface area contributed by atoms with Crippen LogP contribution in [0, 0.1) is 0 Å². The Hall–Kier alpha value is -0.275. The minimum atomic E-state index is -0.595. The van der Waals surface area contributed by atoms with Gasteiger partial charge in [-0.15, -0.1) is 0 Å². The fourth-order valence-corrected chi connectivity index (χ4v) is 3.18. The fraction of sp³-hybridized carbons (Fsp3) is 0.571. The number of hydrogen-bond acceptors (Lipinski definition) is 5. The SMILES string of the molecule is COc1cc([C@H](N)B2OC(C)(C)C(C)(C)O2)c(Br)c(Br)c1O. The Balaban J connectivity index is 2.39. The fourth-order valence-electron chi connectivity index (χ4n) is 2.19. The number of aromatic hydroxyl groups is 1. The zero-order chi connectivity index (χ0) is 16.9. The summed E-state index contributed by atoms with van der Waals surface area (Å²) in [6.07, 6.45) is 0. The molecule has 8 heteroatoms. The molecule has 1 fully saturated rings. The zero-order valence-electron chi connectivity index (χ0n) is 13.2. The lowest BCUT2D eigenvalue weighted by Crippen LogP contribution is -2.41.